The number of piperidine rings is 1. The first-order chi connectivity index (χ1) is 12.6. The Morgan fingerprint density at radius 2 is 1.92 bits per heavy atom. The number of amides is 1. The zero-order valence-corrected chi connectivity index (χ0v) is 15.0. The molecule has 1 saturated heterocycles. The third kappa shape index (κ3) is 4.69. The largest absolute Gasteiger partial charge is 0.356 e. The zero-order chi connectivity index (χ0) is 18.4. The molecule has 136 valence electrons. The number of allylic oxidation sites excluding steroid dienone is 1. The summed E-state index contributed by atoms with van der Waals surface area (Å²) in [6, 6.07) is 10.0. The van der Waals surface area contributed by atoms with Crippen LogP contribution in [0.25, 0.3) is 5.57 Å². The number of hydrogen-bond donors (Lipinski definition) is 1. The molecule has 1 N–H and O–H groups in total. The van der Waals surface area contributed by atoms with E-state index in [2.05, 4.69) is 15.2 Å². The summed E-state index contributed by atoms with van der Waals surface area (Å²) in [6.07, 6.45) is 6.98. The summed E-state index contributed by atoms with van der Waals surface area (Å²) in [5.41, 5.74) is 2.65. The summed E-state index contributed by atoms with van der Waals surface area (Å²) in [4.78, 5) is 19.1. The third-order valence-electron chi connectivity index (χ3n) is 4.62. The molecule has 0 aliphatic carbocycles. The SMILES string of the molecule is C/C(=C/C(=O)NCc1cccnc1N1CCCCC1)c1ccc(F)cc1. The molecule has 0 bridgehead atoms. The van der Waals surface area contributed by atoms with Crippen LogP contribution in [0, 0.1) is 5.82 Å². The molecule has 1 aliphatic rings. The van der Waals surface area contributed by atoms with E-state index in [9.17, 15) is 9.18 Å². The van der Waals surface area contributed by atoms with Crippen molar-refractivity contribution in [2.24, 2.45) is 0 Å². The van der Waals surface area contributed by atoms with Gasteiger partial charge >= 0.3 is 0 Å². The first kappa shape index (κ1) is 18.1. The number of nitrogens with one attached hydrogen (secondary N) is 1. The lowest BCUT2D eigenvalue weighted by Gasteiger charge is -2.29. The fourth-order valence-corrected chi connectivity index (χ4v) is 3.18. The van der Waals surface area contributed by atoms with E-state index in [1.54, 1.807) is 24.4 Å². The predicted molar refractivity (Wildman–Crippen MR) is 102 cm³/mol. The van der Waals surface area contributed by atoms with E-state index in [0.717, 1.165) is 35.6 Å². The molecule has 2 aromatic rings. The van der Waals surface area contributed by atoms with Crippen LogP contribution in [0.1, 0.15) is 37.3 Å². The molecule has 4 nitrogen and oxygen atoms in total. The van der Waals surface area contributed by atoms with Crippen LogP contribution in [0.15, 0.2) is 48.7 Å². The van der Waals surface area contributed by atoms with E-state index >= 15 is 0 Å². The van der Waals surface area contributed by atoms with Gasteiger partial charge in [0.05, 0.1) is 0 Å². The highest BCUT2D eigenvalue weighted by Crippen LogP contribution is 2.21. The number of benzene rings is 1. The Kier molecular flexibility index (Phi) is 6.00. The molecular formula is C21H24FN3O. The first-order valence-electron chi connectivity index (χ1n) is 9.04. The molecule has 0 saturated carbocycles. The number of anilines is 1. The van der Waals surface area contributed by atoms with Crippen molar-refractivity contribution >= 4 is 17.3 Å². The number of halogens is 1. The second-order valence-corrected chi connectivity index (χ2v) is 6.59. The Morgan fingerprint density at radius 3 is 2.65 bits per heavy atom. The topological polar surface area (TPSA) is 45.2 Å². The van der Waals surface area contributed by atoms with Crippen molar-refractivity contribution in [3.63, 3.8) is 0 Å². The molecule has 5 heteroatoms. The van der Waals surface area contributed by atoms with Gasteiger partial charge in [0, 0.05) is 37.5 Å². The molecule has 1 aromatic heterocycles. The maximum atomic E-state index is 13.0. The first-order valence-corrected chi connectivity index (χ1v) is 9.04. The Bertz CT molecular complexity index is 780. The summed E-state index contributed by atoms with van der Waals surface area (Å²) < 4.78 is 13.0. The number of pyridine rings is 1. The summed E-state index contributed by atoms with van der Waals surface area (Å²) >= 11 is 0. The molecule has 0 atom stereocenters. The summed E-state index contributed by atoms with van der Waals surface area (Å²) in [6.45, 7) is 4.31. The quantitative estimate of drug-likeness (QED) is 0.829. The minimum absolute atomic E-state index is 0.166. The van der Waals surface area contributed by atoms with Crippen LogP contribution in [0.5, 0.6) is 0 Å². The second kappa shape index (κ2) is 8.61. The Hall–Kier alpha value is -2.69. The van der Waals surface area contributed by atoms with Gasteiger partial charge < -0.3 is 10.2 Å². The molecule has 0 radical (unpaired) electrons. The molecule has 0 unspecified atom stereocenters. The van der Waals surface area contributed by atoms with Crippen LogP contribution >= 0.6 is 0 Å². The van der Waals surface area contributed by atoms with Gasteiger partial charge in [0.1, 0.15) is 11.6 Å². The van der Waals surface area contributed by atoms with Crippen molar-refractivity contribution in [1.29, 1.82) is 0 Å². The lowest BCUT2D eigenvalue weighted by Crippen LogP contribution is -2.32. The van der Waals surface area contributed by atoms with Crippen molar-refractivity contribution in [3.8, 4) is 0 Å². The lowest BCUT2D eigenvalue weighted by atomic mass is 10.1. The predicted octanol–water partition coefficient (Wildman–Crippen LogP) is 3.93. The third-order valence-corrected chi connectivity index (χ3v) is 4.62. The second-order valence-electron chi connectivity index (χ2n) is 6.59. The van der Waals surface area contributed by atoms with Crippen molar-refractivity contribution in [2.75, 3.05) is 18.0 Å². The van der Waals surface area contributed by atoms with Crippen LogP contribution in [-0.2, 0) is 11.3 Å². The zero-order valence-electron chi connectivity index (χ0n) is 15.0. The molecular weight excluding hydrogens is 329 g/mol. The molecule has 1 amide bonds. The Morgan fingerprint density at radius 1 is 1.19 bits per heavy atom. The molecule has 26 heavy (non-hydrogen) atoms. The highest BCUT2D eigenvalue weighted by Gasteiger charge is 2.15. The minimum atomic E-state index is -0.284. The van der Waals surface area contributed by atoms with Crippen LogP contribution in [0.4, 0.5) is 10.2 Å². The minimum Gasteiger partial charge on any atom is -0.356 e. The van der Waals surface area contributed by atoms with Crippen LogP contribution in [-0.4, -0.2) is 24.0 Å². The van der Waals surface area contributed by atoms with Gasteiger partial charge in [-0.05, 0) is 55.5 Å². The Labute approximate surface area is 153 Å². The number of rotatable bonds is 5. The van der Waals surface area contributed by atoms with Crippen LogP contribution in [0.2, 0.25) is 0 Å². The van der Waals surface area contributed by atoms with Crippen molar-refractivity contribution in [2.45, 2.75) is 32.7 Å². The van der Waals surface area contributed by atoms with E-state index in [1.165, 1.54) is 31.4 Å². The number of hydrogen-bond acceptors (Lipinski definition) is 3. The molecule has 1 aliphatic heterocycles. The number of nitrogens with zero attached hydrogens (tertiary/aromatic N) is 2. The lowest BCUT2D eigenvalue weighted by molar-refractivity contribution is -0.116. The molecule has 1 fully saturated rings. The molecule has 0 spiro atoms. The highest BCUT2D eigenvalue weighted by molar-refractivity contribution is 5.94. The summed E-state index contributed by atoms with van der Waals surface area (Å²) in [7, 11) is 0. The van der Waals surface area contributed by atoms with Gasteiger partial charge in [0.15, 0.2) is 0 Å². The highest BCUT2D eigenvalue weighted by atomic mass is 19.1. The van der Waals surface area contributed by atoms with E-state index in [4.69, 9.17) is 0 Å². The maximum Gasteiger partial charge on any atom is 0.244 e. The number of carbonyl (C=O) groups excluding carboxylic acids is 1. The Balaban J connectivity index is 1.64. The summed E-state index contributed by atoms with van der Waals surface area (Å²) in [5.74, 6) is 0.514. The van der Waals surface area contributed by atoms with Gasteiger partial charge in [-0.25, -0.2) is 9.37 Å². The maximum absolute atomic E-state index is 13.0. The average Bonchev–Trinajstić information content (AvgIpc) is 2.68. The fraction of sp³-hybridized carbons (Fsp3) is 0.333. The molecule has 3 rings (SSSR count). The van der Waals surface area contributed by atoms with Crippen molar-refractivity contribution in [3.05, 3.63) is 65.6 Å². The van der Waals surface area contributed by atoms with Crippen molar-refractivity contribution in [1.82, 2.24) is 10.3 Å². The van der Waals surface area contributed by atoms with Gasteiger partial charge in [0.25, 0.3) is 0 Å². The van der Waals surface area contributed by atoms with Crippen LogP contribution < -0.4 is 10.2 Å². The van der Waals surface area contributed by atoms with Crippen molar-refractivity contribution < 1.29 is 9.18 Å². The molecule has 1 aromatic carbocycles. The standard InChI is InChI=1S/C21H24FN3O/c1-16(17-7-9-19(22)10-8-17)14-20(26)24-15-18-6-5-11-23-21(18)25-12-3-2-4-13-25/h5-11,14H,2-4,12-13,15H2,1H3,(H,24,26)/b16-14-. The van der Waals surface area contributed by atoms with Crippen LogP contribution in [0.3, 0.4) is 0 Å². The number of aromatic nitrogens is 1. The monoisotopic (exact) mass is 353 g/mol. The smallest absolute Gasteiger partial charge is 0.244 e. The van der Waals surface area contributed by atoms with E-state index in [1.807, 2.05) is 19.1 Å². The van der Waals surface area contributed by atoms with Gasteiger partial charge in [-0.2, -0.15) is 0 Å². The van der Waals surface area contributed by atoms with Gasteiger partial charge in [-0.15, -0.1) is 0 Å². The van der Waals surface area contributed by atoms with E-state index < -0.39 is 0 Å². The average molecular weight is 353 g/mol. The summed E-state index contributed by atoms with van der Waals surface area (Å²) in [5, 5.41) is 2.93. The van der Waals surface area contributed by atoms with E-state index in [-0.39, 0.29) is 11.7 Å². The van der Waals surface area contributed by atoms with Gasteiger partial charge in [-0.1, -0.05) is 18.2 Å². The van der Waals surface area contributed by atoms with Gasteiger partial charge in [0.2, 0.25) is 5.91 Å². The normalized spacial score (nSPS) is 15.0. The fourth-order valence-electron chi connectivity index (χ4n) is 3.18. The number of carbonyl (C=O) groups is 1. The van der Waals surface area contributed by atoms with Gasteiger partial charge in [-0.3, -0.25) is 4.79 Å². The van der Waals surface area contributed by atoms with E-state index in [0.29, 0.717) is 6.54 Å². The molecule has 2 heterocycles.